The van der Waals surface area contributed by atoms with Gasteiger partial charge in [-0.25, -0.2) is 0 Å². The first-order chi connectivity index (χ1) is 12.2. The predicted octanol–water partition coefficient (Wildman–Crippen LogP) is 4.61. The number of allylic oxidation sites excluding steroid dienone is 1. The van der Waals surface area contributed by atoms with Crippen LogP contribution in [0, 0.1) is 5.92 Å². The molecule has 144 valence electrons. The van der Waals surface area contributed by atoms with Gasteiger partial charge in [0.05, 0.1) is 5.92 Å². The Balaban J connectivity index is 2.03. The Morgan fingerprint density at radius 3 is 2.16 bits per heavy atom. The van der Waals surface area contributed by atoms with Crippen LogP contribution in [0.5, 0.6) is 0 Å². The maximum Gasteiger partial charge on any atom is 0.236 e. The number of aliphatic hydroxyl groups excluding tert-OH is 1. The fraction of sp³-hybridized carbons (Fsp3) is 0.810. The molecule has 1 N–H and O–H groups in total. The zero-order chi connectivity index (χ0) is 18.3. The first-order valence-electron chi connectivity index (χ1n) is 10.3. The van der Waals surface area contributed by atoms with Crippen molar-refractivity contribution in [3.05, 3.63) is 12.2 Å². The summed E-state index contributed by atoms with van der Waals surface area (Å²) in [5.41, 5.74) is 0. The molecule has 0 aromatic heterocycles. The summed E-state index contributed by atoms with van der Waals surface area (Å²) in [7, 11) is 0. The van der Waals surface area contributed by atoms with Crippen molar-refractivity contribution in [3.63, 3.8) is 0 Å². The minimum absolute atomic E-state index is 0.0102. The molecule has 1 heterocycles. The standard InChI is InChI=1S/C21H37NO3/c1-2-3-4-5-6-7-8-9-10-11-12-13-15-19-18-20(24)22(21(19)25)16-14-17-23/h13,15,19,23H,2-12,14,16-18H2,1H3. The molecule has 1 atom stereocenters. The molecule has 1 aliphatic rings. The normalized spacial score (nSPS) is 18.0. The van der Waals surface area contributed by atoms with Crippen molar-refractivity contribution in [1.82, 2.24) is 4.90 Å². The second kappa shape index (κ2) is 14.1. The third-order valence-electron chi connectivity index (χ3n) is 4.91. The zero-order valence-corrected chi connectivity index (χ0v) is 16.0. The van der Waals surface area contributed by atoms with Gasteiger partial charge in [-0.1, -0.05) is 76.9 Å². The smallest absolute Gasteiger partial charge is 0.236 e. The van der Waals surface area contributed by atoms with E-state index in [1.54, 1.807) is 0 Å². The molecule has 1 aliphatic heterocycles. The van der Waals surface area contributed by atoms with E-state index >= 15 is 0 Å². The minimum Gasteiger partial charge on any atom is -0.396 e. The first kappa shape index (κ1) is 21.9. The fourth-order valence-corrected chi connectivity index (χ4v) is 3.33. The van der Waals surface area contributed by atoms with Gasteiger partial charge in [-0.3, -0.25) is 14.5 Å². The van der Waals surface area contributed by atoms with Crippen LogP contribution in [0.15, 0.2) is 12.2 Å². The van der Waals surface area contributed by atoms with Gasteiger partial charge >= 0.3 is 0 Å². The third kappa shape index (κ3) is 9.20. The van der Waals surface area contributed by atoms with E-state index in [-0.39, 0.29) is 24.3 Å². The molecule has 1 fully saturated rings. The molecule has 0 aromatic rings. The highest BCUT2D eigenvalue weighted by molar-refractivity contribution is 6.04. The summed E-state index contributed by atoms with van der Waals surface area (Å²) in [5.74, 6) is -0.487. The van der Waals surface area contributed by atoms with Gasteiger partial charge in [-0.15, -0.1) is 0 Å². The van der Waals surface area contributed by atoms with E-state index in [0.717, 1.165) is 12.8 Å². The quantitative estimate of drug-likeness (QED) is 0.266. The Hall–Kier alpha value is -1.16. The van der Waals surface area contributed by atoms with Gasteiger partial charge in [0, 0.05) is 19.6 Å². The summed E-state index contributed by atoms with van der Waals surface area (Å²) in [6.45, 7) is 2.61. The summed E-state index contributed by atoms with van der Waals surface area (Å²) >= 11 is 0. The molecule has 1 rings (SSSR count). The lowest BCUT2D eigenvalue weighted by atomic mass is 10.0. The van der Waals surface area contributed by atoms with Gasteiger partial charge in [0.15, 0.2) is 0 Å². The Morgan fingerprint density at radius 2 is 1.56 bits per heavy atom. The van der Waals surface area contributed by atoms with E-state index in [0.29, 0.717) is 19.4 Å². The largest absolute Gasteiger partial charge is 0.396 e. The number of likely N-dealkylation sites (tertiary alicyclic amines) is 1. The monoisotopic (exact) mass is 351 g/mol. The summed E-state index contributed by atoms with van der Waals surface area (Å²) < 4.78 is 0. The van der Waals surface area contributed by atoms with Crippen LogP contribution < -0.4 is 0 Å². The van der Waals surface area contributed by atoms with Crippen LogP contribution in [-0.4, -0.2) is 35.0 Å². The average Bonchev–Trinajstić information content (AvgIpc) is 2.87. The molecule has 1 saturated heterocycles. The molecule has 2 amide bonds. The molecule has 25 heavy (non-hydrogen) atoms. The van der Waals surface area contributed by atoms with Crippen molar-refractivity contribution in [2.75, 3.05) is 13.2 Å². The number of nitrogens with zero attached hydrogens (tertiary/aromatic N) is 1. The highest BCUT2D eigenvalue weighted by atomic mass is 16.3. The van der Waals surface area contributed by atoms with Gasteiger partial charge in [0.1, 0.15) is 0 Å². The van der Waals surface area contributed by atoms with Crippen LogP contribution >= 0.6 is 0 Å². The van der Waals surface area contributed by atoms with E-state index in [9.17, 15) is 9.59 Å². The molecule has 0 aliphatic carbocycles. The molecule has 0 saturated carbocycles. The summed E-state index contributed by atoms with van der Waals surface area (Å²) in [6.07, 6.45) is 19.0. The molecule has 1 unspecified atom stereocenters. The molecule has 0 bridgehead atoms. The number of unbranched alkanes of at least 4 members (excludes halogenated alkanes) is 10. The highest BCUT2D eigenvalue weighted by Gasteiger charge is 2.36. The van der Waals surface area contributed by atoms with Crippen molar-refractivity contribution >= 4 is 11.8 Å². The Labute approximate surface area is 153 Å². The van der Waals surface area contributed by atoms with Crippen molar-refractivity contribution in [3.8, 4) is 0 Å². The number of carbonyl (C=O) groups excluding carboxylic acids is 2. The van der Waals surface area contributed by atoms with E-state index in [4.69, 9.17) is 5.11 Å². The summed E-state index contributed by atoms with van der Waals surface area (Å²) in [5, 5.41) is 8.83. The Morgan fingerprint density at radius 1 is 0.960 bits per heavy atom. The molecule has 0 spiro atoms. The van der Waals surface area contributed by atoms with E-state index in [1.165, 1.54) is 62.7 Å². The molecule has 0 aromatic carbocycles. The maximum absolute atomic E-state index is 12.1. The van der Waals surface area contributed by atoms with Crippen LogP contribution in [0.2, 0.25) is 0 Å². The molecule has 4 heteroatoms. The molecular formula is C21H37NO3. The molecule has 0 radical (unpaired) electrons. The average molecular weight is 352 g/mol. The van der Waals surface area contributed by atoms with Crippen molar-refractivity contribution < 1.29 is 14.7 Å². The van der Waals surface area contributed by atoms with Crippen molar-refractivity contribution in [1.29, 1.82) is 0 Å². The zero-order valence-electron chi connectivity index (χ0n) is 16.0. The van der Waals surface area contributed by atoms with Crippen LogP contribution in [0.1, 0.15) is 90.4 Å². The van der Waals surface area contributed by atoms with Gasteiger partial charge in [0.25, 0.3) is 0 Å². The van der Waals surface area contributed by atoms with E-state index in [2.05, 4.69) is 13.0 Å². The van der Waals surface area contributed by atoms with Gasteiger partial charge < -0.3 is 5.11 Å². The van der Waals surface area contributed by atoms with Crippen molar-refractivity contribution in [2.24, 2.45) is 5.92 Å². The summed E-state index contributed by atoms with van der Waals surface area (Å²) in [6, 6.07) is 0. The second-order valence-corrected chi connectivity index (χ2v) is 7.17. The fourth-order valence-electron chi connectivity index (χ4n) is 3.33. The lowest BCUT2D eigenvalue weighted by molar-refractivity contribution is -0.139. The Kier molecular flexibility index (Phi) is 12.3. The number of hydrogen-bond acceptors (Lipinski definition) is 3. The Bertz CT molecular complexity index is 406. The van der Waals surface area contributed by atoms with Crippen LogP contribution in [0.25, 0.3) is 0 Å². The van der Waals surface area contributed by atoms with Gasteiger partial charge in [0.2, 0.25) is 11.8 Å². The summed E-state index contributed by atoms with van der Waals surface area (Å²) in [4.78, 5) is 25.2. The lowest BCUT2D eigenvalue weighted by Crippen LogP contribution is -2.31. The van der Waals surface area contributed by atoms with Gasteiger partial charge in [-0.2, -0.15) is 0 Å². The van der Waals surface area contributed by atoms with Gasteiger partial charge in [-0.05, 0) is 19.3 Å². The molecule has 4 nitrogen and oxygen atoms in total. The highest BCUT2D eigenvalue weighted by Crippen LogP contribution is 2.21. The predicted molar refractivity (Wildman–Crippen MR) is 102 cm³/mol. The van der Waals surface area contributed by atoms with E-state index in [1.807, 2.05) is 6.08 Å². The van der Waals surface area contributed by atoms with E-state index < -0.39 is 0 Å². The van der Waals surface area contributed by atoms with Crippen LogP contribution in [0.4, 0.5) is 0 Å². The third-order valence-corrected chi connectivity index (χ3v) is 4.91. The van der Waals surface area contributed by atoms with Crippen molar-refractivity contribution in [2.45, 2.75) is 90.4 Å². The number of amides is 2. The topological polar surface area (TPSA) is 57.6 Å². The number of imide groups is 1. The van der Waals surface area contributed by atoms with Crippen LogP contribution in [0.3, 0.4) is 0 Å². The lowest BCUT2D eigenvalue weighted by Gasteiger charge is -2.12. The number of hydrogen-bond donors (Lipinski definition) is 1. The number of rotatable bonds is 15. The number of carbonyl (C=O) groups is 2. The van der Waals surface area contributed by atoms with Crippen LogP contribution in [-0.2, 0) is 9.59 Å². The first-order valence-corrected chi connectivity index (χ1v) is 10.3. The number of aliphatic hydroxyl groups is 1. The maximum atomic E-state index is 12.1. The minimum atomic E-state index is -0.283. The SMILES string of the molecule is CCCCCCCCCCCCC=CC1CC(=O)N(CCCO)C1=O. The molecular weight excluding hydrogens is 314 g/mol. The second-order valence-electron chi connectivity index (χ2n) is 7.17.